The second-order valence-electron chi connectivity index (χ2n) is 3.15. The maximum absolute atomic E-state index is 11.2. The molecule has 3 N–H and O–H groups in total. The molecule has 2 amide bonds. The first-order valence-corrected chi connectivity index (χ1v) is 4.26. The number of carbonyl (C=O) groups excluding carboxylic acids is 2. The topological polar surface area (TPSA) is 72.2 Å². The SMILES string of the molecule is NC(=O)C[C@H]1CCCCNC1=O. The van der Waals surface area contributed by atoms with Gasteiger partial charge < -0.3 is 11.1 Å². The van der Waals surface area contributed by atoms with Crippen LogP contribution in [0, 0.1) is 5.92 Å². The van der Waals surface area contributed by atoms with E-state index in [0.29, 0.717) is 0 Å². The van der Waals surface area contributed by atoms with Crippen LogP contribution in [0.3, 0.4) is 0 Å². The van der Waals surface area contributed by atoms with Gasteiger partial charge in [-0.3, -0.25) is 9.59 Å². The molecule has 1 fully saturated rings. The van der Waals surface area contributed by atoms with Crippen LogP contribution in [-0.2, 0) is 9.59 Å². The second kappa shape index (κ2) is 4.09. The van der Waals surface area contributed by atoms with Crippen molar-refractivity contribution < 1.29 is 9.59 Å². The summed E-state index contributed by atoms with van der Waals surface area (Å²) in [6.45, 7) is 0.730. The summed E-state index contributed by atoms with van der Waals surface area (Å²) in [5.41, 5.74) is 5.02. The summed E-state index contributed by atoms with van der Waals surface area (Å²) in [5, 5.41) is 2.75. The molecule has 0 unspecified atom stereocenters. The number of hydrogen-bond acceptors (Lipinski definition) is 2. The van der Waals surface area contributed by atoms with Crippen molar-refractivity contribution in [1.82, 2.24) is 5.32 Å². The Balaban J connectivity index is 2.47. The van der Waals surface area contributed by atoms with Crippen LogP contribution in [0.25, 0.3) is 0 Å². The molecule has 1 atom stereocenters. The fourth-order valence-corrected chi connectivity index (χ4v) is 1.44. The Bertz CT molecular complexity index is 191. The molecule has 1 saturated heterocycles. The predicted octanol–water partition coefficient (Wildman–Crippen LogP) is -0.222. The molecule has 0 aromatic carbocycles. The number of hydrogen-bond donors (Lipinski definition) is 2. The van der Waals surface area contributed by atoms with Gasteiger partial charge in [0.15, 0.2) is 0 Å². The average molecular weight is 170 g/mol. The predicted molar refractivity (Wildman–Crippen MR) is 44.2 cm³/mol. The molecule has 68 valence electrons. The van der Waals surface area contributed by atoms with Gasteiger partial charge in [-0.2, -0.15) is 0 Å². The number of nitrogens with one attached hydrogen (secondary N) is 1. The van der Waals surface area contributed by atoms with Crippen LogP contribution in [0.2, 0.25) is 0 Å². The van der Waals surface area contributed by atoms with Crippen molar-refractivity contribution in [3.8, 4) is 0 Å². The highest BCUT2D eigenvalue weighted by Crippen LogP contribution is 2.15. The molecule has 4 nitrogen and oxygen atoms in total. The van der Waals surface area contributed by atoms with E-state index in [0.717, 1.165) is 25.8 Å². The standard InChI is InChI=1S/C8H14N2O2/c9-7(11)5-6-3-1-2-4-10-8(6)12/h6H,1-5H2,(H2,9,11)(H,10,12)/t6-/m1/s1. The smallest absolute Gasteiger partial charge is 0.223 e. The molecule has 1 rings (SSSR count). The van der Waals surface area contributed by atoms with E-state index < -0.39 is 5.91 Å². The fraction of sp³-hybridized carbons (Fsp3) is 0.750. The quantitative estimate of drug-likeness (QED) is 0.601. The minimum absolute atomic E-state index is 0.0219. The van der Waals surface area contributed by atoms with E-state index in [2.05, 4.69) is 5.32 Å². The Morgan fingerprint density at radius 1 is 1.58 bits per heavy atom. The van der Waals surface area contributed by atoms with Gasteiger partial charge >= 0.3 is 0 Å². The van der Waals surface area contributed by atoms with Crippen LogP contribution in [0.1, 0.15) is 25.7 Å². The van der Waals surface area contributed by atoms with E-state index in [9.17, 15) is 9.59 Å². The molecular weight excluding hydrogens is 156 g/mol. The maximum atomic E-state index is 11.2. The maximum Gasteiger partial charge on any atom is 0.223 e. The van der Waals surface area contributed by atoms with Gasteiger partial charge in [0.1, 0.15) is 0 Å². The van der Waals surface area contributed by atoms with Crippen LogP contribution < -0.4 is 11.1 Å². The zero-order valence-electron chi connectivity index (χ0n) is 7.01. The first-order valence-electron chi connectivity index (χ1n) is 4.26. The van der Waals surface area contributed by atoms with Gasteiger partial charge in [0.25, 0.3) is 0 Å². The highest BCUT2D eigenvalue weighted by atomic mass is 16.2. The summed E-state index contributed by atoms with van der Waals surface area (Å²) >= 11 is 0. The molecular formula is C8H14N2O2. The number of carbonyl (C=O) groups is 2. The van der Waals surface area contributed by atoms with Gasteiger partial charge in [0.2, 0.25) is 11.8 Å². The minimum Gasteiger partial charge on any atom is -0.370 e. The second-order valence-corrected chi connectivity index (χ2v) is 3.15. The van der Waals surface area contributed by atoms with Crippen molar-refractivity contribution in [2.75, 3.05) is 6.54 Å². The third-order valence-electron chi connectivity index (χ3n) is 2.10. The molecule has 0 saturated carbocycles. The van der Waals surface area contributed by atoms with Gasteiger partial charge in [-0.1, -0.05) is 6.42 Å². The Kier molecular flexibility index (Phi) is 3.08. The molecule has 4 heteroatoms. The number of primary amides is 1. The van der Waals surface area contributed by atoms with Gasteiger partial charge in [-0.25, -0.2) is 0 Å². The Hall–Kier alpha value is -1.06. The average Bonchev–Trinajstić information content (AvgIpc) is 2.16. The van der Waals surface area contributed by atoms with E-state index in [4.69, 9.17) is 5.73 Å². The summed E-state index contributed by atoms with van der Waals surface area (Å²) in [4.78, 5) is 21.8. The van der Waals surface area contributed by atoms with Crippen LogP contribution in [0.4, 0.5) is 0 Å². The van der Waals surface area contributed by atoms with Crippen molar-refractivity contribution in [2.45, 2.75) is 25.7 Å². The van der Waals surface area contributed by atoms with Crippen molar-refractivity contribution in [3.63, 3.8) is 0 Å². The molecule has 0 aromatic rings. The van der Waals surface area contributed by atoms with Crippen molar-refractivity contribution in [3.05, 3.63) is 0 Å². The first kappa shape index (κ1) is 9.03. The lowest BCUT2D eigenvalue weighted by molar-refractivity contribution is -0.128. The summed E-state index contributed by atoms with van der Waals surface area (Å²) < 4.78 is 0. The zero-order valence-corrected chi connectivity index (χ0v) is 7.01. The Morgan fingerprint density at radius 2 is 2.33 bits per heavy atom. The molecule has 12 heavy (non-hydrogen) atoms. The Labute approximate surface area is 71.5 Å². The Morgan fingerprint density at radius 3 is 3.00 bits per heavy atom. The third kappa shape index (κ3) is 2.53. The number of amides is 2. The number of rotatable bonds is 2. The molecule has 0 radical (unpaired) electrons. The van der Waals surface area contributed by atoms with Gasteiger partial charge in [0.05, 0.1) is 0 Å². The third-order valence-corrected chi connectivity index (χ3v) is 2.10. The monoisotopic (exact) mass is 170 g/mol. The van der Waals surface area contributed by atoms with Gasteiger partial charge in [0, 0.05) is 18.9 Å². The largest absolute Gasteiger partial charge is 0.370 e. The molecule has 1 aliphatic heterocycles. The fourth-order valence-electron chi connectivity index (χ4n) is 1.44. The number of nitrogens with two attached hydrogens (primary N) is 1. The van der Waals surface area contributed by atoms with Gasteiger partial charge in [-0.15, -0.1) is 0 Å². The molecule has 1 heterocycles. The lowest BCUT2D eigenvalue weighted by atomic mass is 9.99. The summed E-state index contributed by atoms with van der Waals surface area (Å²) in [7, 11) is 0. The lowest BCUT2D eigenvalue weighted by Crippen LogP contribution is -2.31. The van der Waals surface area contributed by atoms with Crippen LogP contribution in [0.15, 0.2) is 0 Å². The summed E-state index contributed by atoms with van der Waals surface area (Å²) in [6.07, 6.45) is 2.97. The summed E-state index contributed by atoms with van der Waals surface area (Å²) in [6, 6.07) is 0. The highest BCUT2D eigenvalue weighted by molar-refractivity contribution is 5.85. The van der Waals surface area contributed by atoms with Crippen molar-refractivity contribution in [1.29, 1.82) is 0 Å². The molecule has 1 aliphatic rings. The van der Waals surface area contributed by atoms with Crippen LogP contribution in [-0.4, -0.2) is 18.4 Å². The van der Waals surface area contributed by atoms with Crippen LogP contribution in [0.5, 0.6) is 0 Å². The molecule has 0 spiro atoms. The minimum atomic E-state index is -0.392. The van der Waals surface area contributed by atoms with Crippen molar-refractivity contribution >= 4 is 11.8 Å². The highest BCUT2D eigenvalue weighted by Gasteiger charge is 2.21. The molecule has 0 bridgehead atoms. The normalized spacial score (nSPS) is 24.3. The van der Waals surface area contributed by atoms with Gasteiger partial charge in [-0.05, 0) is 12.8 Å². The zero-order chi connectivity index (χ0) is 8.97. The first-order chi connectivity index (χ1) is 5.70. The van der Waals surface area contributed by atoms with Crippen LogP contribution >= 0.6 is 0 Å². The van der Waals surface area contributed by atoms with E-state index >= 15 is 0 Å². The summed E-state index contributed by atoms with van der Waals surface area (Å²) in [5.74, 6) is -0.603. The van der Waals surface area contributed by atoms with E-state index in [1.165, 1.54) is 0 Å². The van der Waals surface area contributed by atoms with E-state index in [1.54, 1.807) is 0 Å². The van der Waals surface area contributed by atoms with E-state index in [-0.39, 0.29) is 18.2 Å². The van der Waals surface area contributed by atoms with Crippen molar-refractivity contribution in [2.24, 2.45) is 11.7 Å². The molecule has 0 aromatic heterocycles. The molecule has 0 aliphatic carbocycles. The lowest BCUT2D eigenvalue weighted by Gasteiger charge is -2.09. The van der Waals surface area contributed by atoms with E-state index in [1.807, 2.05) is 0 Å².